The van der Waals surface area contributed by atoms with Crippen LogP contribution in [0, 0.1) is 0 Å². The maximum absolute atomic E-state index is 5.75. The Bertz CT molecular complexity index is 220. The molecule has 0 spiro atoms. The van der Waals surface area contributed by atoms with Gasteiger partial charge >= 0.3 is 0 Å². The zero-order valence-corrected chi connectivity index (χ0v) is 7.39. The quantitative estimate of drug-likeness (QED) is 0.473. The second kappa shape index (κ2) is 2.88. The molecule has 1 nitrogen and oxygen atoms in total. The van der Waals surface area contributed by atoms with Gasteiger partial charge < -0.3 is 5.73 Å². The van der Waals surface area contributed by atoms with Crippen LogP contribution in [0.25, 0.3) is 0 Å². The highest BCUT2D eigenvalue weighted by molar-refractivity contribution is 6.72. The minimum Gasteiger partial charge on any atom is -0.399 e. The topological polar surface area (TPSA) is 26.0 Å². The van der Waals surface area contributed by atoms with Crippen molar-refractivity contribution in [1.29, 1.82) is 0 Å². The third-order valence-electron chi connectivity index (χ3n) is 1.50. The number of nitrogen functional groups attached to an aromatic ring is 1. The molecule has 10 heavy (non-hydrogen) atoms. The molecule has 0 saturated carbocycles. The number of hydrogen-bond donors (Lipinski definition) is 1. The molecule has 0 bridgehead atoms. The molecule has 1 aromatic carbocycles. The van der Waals surface area contributed by atoms with Crippen LogP contribution in [0.5, 0.6) is 0 Å². The summed E-state index contributed by atoms with van der Waals surface area (Å²) < 4.78 is 0. The van der Waals surface area contributed by atoms with Crippen molar-refractivity contribution in [3.8, 4) is 0 Å². The van der Waals surface area contributed by atoms with Gasteiger partial charge in [-0.25, -0.2) is 0 Å². The fourth-order valence-electron chi connectivity index (χ4n) is 0.952. The monoisotopic (exact) mass is 150 g/mol. The standard InChI is InChI=1S/C8H12NSi/c1-10(2)8-6-4-3-5-7(8)9/h3-6H,9H2,1-2H3. The molecule has 1 radical (unpaired) electrons. The second-order valence-electron chi connectivity index (χ2n) is 2.59. The first kappa shape index (κ1) is 7.35. The van der Waals surface area contributed by atoms with E-state index in [0.717, 1.165) is 5.69 Å². The van der Waals surface area contributed by atoms with E-state index in [-0.39, 0.29) is 8.80 Å². The van der Waals surface area contributed by atoms with Gasteiger partial charge in [-0.3, -0.25) is 0 Å². The molecular formula is C8H12NSi. The number of para-hydroxylation sites is 1. The van der Waals surface area contributed by atoms with Crippen LogP contribution in [0.3, 0.4) is 0 Å². The zero-order valence-electron chi connectivity index (χ0n) is 6.39. The molecule has 1 rings (SSSR count). The van der Waals surface area contributed by atoms with Crippen molar-refractivity contribution in [3.63, 3.8) is 0 Å². The van der Waals surface area contributed by atoms with Crippen molar-refractivity contribution in [2.75, 3.05) is 5.73 Å². The summed E-state index contributed by atoms with van der Waals surface area (Å²) in [4.78, 5) is 0. The maximum atomic E-state index is 5.75. The number of benzene rings is 1. The van der Waals surface area contributed by atoms with Gasteiger partial charge in [0.1, 0.15) is 0 Å². The molecule has 0 aliphatic carbocycles. The Labute approximate surface area is 63.5 Å². The Balaban J connectivity index is 3.03. The minimum atomic E-state index is -0.367. The lowest BCUT2D eigenvalue weighted by atomic mass is 10.3. The van der Waals surface area contributed by atoms with Crippen LogP contribution in [0.2, 0.25) is 13.1 Å². The third kappa shape index (κ3) is 1.39. The van der Waals surface area contributed by atoms with E-state index in [0.29, 0.717) is 0 Å². The van der Waals surface area contributed by atoms with Gasteiger partial charge in [0.15, 0.2) is 0 Å². The van der Waals surface area contributed by atoms with E-state index in [1.165, 1.54) is 5.19 Å². The predicted molar refractivity (Wildman–Crippen MR) is 48.0 cm³/mol. The van der Waals surface area contributed by atoms with Crippen molar-refractivity contribution in [2.24, 2.45) is 0 Å². The molecule has 0 aliphatic heterocycles. The second-order valence-corrected chi connectivity index (χ2v) is 5.13. The Hall–Kier alpha value is -0.763. The first-order valence-corrected chi connectivity index (χ1v) is 5.87. The Morgan fingerprint density at radius 3 is 2.20 bits per heavy atom. The van der Waals surface area contributed by atoms with Crippen LogP contribution in [0.4, 0.5) is 5.69 Å². The summed E-state index contributed by atoms with van der Waals surface area (Å²) in [6.07, 6.45) is 0. The van der Waals surface area contributed by atoms with Crippen molar-refractivity contribution >= 4 is 19.7 Å². The fourth-order valence-corrected chi connectivity index (χ4v) is 2.04. The molecule has 0 aliphatic rings. The lowest BCUT2D eigenvalue weighted by Gasteiger charge is -2.05. The van der Waals surface area contributed by atoms with Gasteiger partial charge in [0, 0.05) is 5.69 Å². The summed E-state index contributed by atoms with van der Waals surface area (Å²) in [5, 5.41) is 1.34. The molecule has 1 aromatic rings. The average Bonchev–Trinajstić information content (AvgIpc) is 1.88. The van der Waals surface area contributed by atoms with E-state index in [1.54, 1.807) is 0 Å². The molecule has 0 fully saturated rings. The molecule has 2 N–H and O–H groups in total. The van der Waals surface area contributed by atoms with E-state index >= 15 is 0 Å². The molecule has 0 heterocycles. The highest BCUT2D eigenvalue weighted by atomic mass is 28.3. The van der Waals surface area contributed by atoms with Crippen LogP contribution in [0.15, 0.2) is 24.3 Å². The van der Waals surface area contributed by atoms with Gasteiger partial charge in [0.05, 0.1) is 8.80 Å². The molecule has 53 valence electrons. The van der Waals surface area contributed by atoms with E-state index < -0.39 is 0 Å². The summed E-state index contributed by atoms with van der Waals surface area (Å²) in [7, 11) is -0.367. The van der Waals surface area contributed by atoms with Crippen molar-refractivity contribution < 1.29 is 0 Å². The minimum absolute atomic E-state index is 0.367. The molecule has 0 saturated heterocycles. The van der Waals surface area contributed by atoms with Crippen LogP contribution in [0.1, 0.15) is 0 Å². The summed E-state index contributed by atoms with van der Waals surface area (Å²) in [5.74, 6) is 0. The van der Waals surface area contributed by atoms with Gasteiger partial charge in [-0.15, -0.1) is 0 Å². The fraction of sp³-hybridized carbons (Fsp3) is 0.250. The Morgan fingerprint density at radius 1 is 1.20 bits per heavy atom. The highest BCUT2D eigenvalue weighted by Crippen LogP contribution is 1.98. The van der Waals surface area contributed by atoms with Gasteiger partial charge in [0.2, 0.25) is 0 Å². The largest absolute Gasteiger partial charge is 0.399 e. The van der Waals surface area contributed by atoms with Gasteiger partial charge in [-0.1, -0.05) is 31.3 Å². The first-order chi connectivity index (χ1) is 4.72. The number of nitrogens with two attached hydrogens (primary N) is 1. The van der Waals surface area contributed by atoms with E-state index in [9.17, 15) is 0 Å². The SMILES string of the molecule is C[Si](C)c1ccccc1N. The van der Waals surface area contributed by atoms with E-state index in [1.807, 2.05) is 18.2 Å². The van der Waals surface area contributed by atoms with Crippen LogP contribution in [-0.2, 0) is 0 Å². The average molecular weight is 150 g/mol. The Morgan fingerprint density at radius 2 is 1.80 bits per heavy atom. The highest BCUT2D eigenvalue weighted by Gasteiger charge is 2.02. The van der Waals surface area contributed by atoms with Crippen molar-refractivity contribution in [2.45, 2.75) is 13.1 Å². The van der Waals surface area contributed by atoms with Crippen molar-refractivity contribution in [1.82, 2.24) is 0 Å². The number of hydrogen-bond acceptors (Lipinski definition) is 1. The summed E-state index contributed by atoms with van der Waals surface area (Å²) in [6, 6.07) is 8.10. The number of rotatable bonds is 1. The van der Waals surface area contributed by atoms with E-state index in [2.05, 4.69) is 19.2 Å². The normalized spacial score (nSPS) is 10.3. The molecule has 0 unspecified atom stereocenters. The maximum Gasteiger partial charge on any atom is 0.0819 e. The van der Waals surface area contributed by atoms with Gasteiger partial charge in [0.25, 0.3) is 0 Å². The summed E-state index contributed by atoms with van der Waals surface area (Å²) >= 11 is 0. The lowest BCUT2D eigenvalue weighted by molar-refractivity contribution is 1.71. The molecular weight excluding hydrogens is 138 g/mol. The van der Waals surface area contributed by atoms with Gasteiger partial charge in [-0.2, -0.15) is 0 Å². The van der Waals surface area contributed by atoms with Crippen LogP contribution >= 0.6 is 0 Å². The smallest absolute Gasteiger partial charge is 0.0819 e. The Kier molecular flexibility index (Phi) is 2.12. The molecule has 0 aromatic heterocycles. The van der Waals surface area contributed by atoms with Gasteiger partial charge in [-0.05, 0) is 11.3 Å². The van der Waals surface area contributed by atoms with Crippen molar-refractivity contribution in [3.05, 3.63) is 24.3 Å². The third-order valence-corrected chi connectivity index (χ3v) is 3.03. The summed E-state index contributed by atoms with van der Waals surface area (Å²) in [6.45, 7) is 4.49. The number of anilines is 1. The molecule has 0 atom stereocenters. The molecule has 0 amide bonds. The predicted octanol–water partition coefficient (Wildman–Crippen LogP) is 1.23. The van der Waals surface area contributed by atoms with Crippen LogP contribution < -0.4 is 10.9 Å². The van der Waals surface area contributed by atoms with Crippen LogP contribution in [-0.4, -0.2) is 8.80 Å². The molecule has 2 heteroatoms. The first-order valence-electron chi connectivity index (χ1n) is 3.37. The lowest BCUT2D eigenvalue weighted by Crippen LogP contribution is -2.25. The van der Waals surface area contributed by atoms with E-state index in [4.69, 9.17) is 5.73 Å². The zero-order chi connectivity index (χ0) is 7.56. The summed E-state index contributed by atoms with van der Waals surface area (Å²) in [5.41, 5.74) is 6.69.